The van der Waals surface area contributed by atoms with Gasteiger partial charge in [0.1, 0.15) is 23.6 Å². The molecule has 1 amide bonds. The Kier molecular flexibility index (Phi) is 7.22. The monoisotopic (exact) mass is 456 g/mol. The molecule has 0 bridgehead atoms. The molecule has 174 valence electrons. The van der Waals surface area contributed by atoms with Gasteiger partial charge in [-0.25, -0.2) is 9.97 Å². The van der Waals surface area contributed by atoms with Gasteiger partial charge in [-0.3, -0.25) is 4.79 Å². The van der Waals surface area contributed by atoms with Crippen LogP contribution in [0, 0.1) is 0 Å². The molecule has 0 radical (unpaired) electrons. The first-order valence-electron chi connectivity index (χ1n) is 11.4. The number of nitrogens with zero attached hydrogens (tertiary/aromatic N) is 2. The summed E-state index contributed by atoms with van der Waals surface area (Å²) in [6.45, 7) is 6.83. The van der Waals surface area contributed by atoms with E-state index in [1.54, 1.807) is 18.2 Å². The van der Waals surface area contributed by atoms with Gasteiger partial charge in [0, 0.05) is 23.1 Å². The molecule has 4 rings (SSSR count). The van der Waals surface area contributed by atoms with Crippen LogP contribution in [0.3, 0.4) is 0 Å². The number of aryl methyl sites for hydroxylation is 1. The van der Waals surface area contributed by atoms with Gasteiger partial charge in [-0.1, -0.05) is 31.2 Å². The highest BCUT2D eigenvalue weighted by molar-refractivity contribution is 6.05. The largest absolute Gasteiger partial charge is 0.492 e. The second-order valence-corrected chi connectivity index (χ2v) is 7.58. The van der Waals surface area contributed by atoms with Crippen LogP contribution in [0.25, 0.3) is 10.9 Å². The lowest BCUT2D eigenvalue weighted by Crippen LogP contribution is -2.13. The third-order valence-electron chi connectivity index (χ3n) is 5.33. The number of aromatic nitrogens is 2. The quantitative estimate of drug-likeness (QED) is 0.322. The summed E-state index contributed by atoms with van der Waals surface area (Å²) in [5.41, 5.74) is 3.83. The summed E-state index contributed by atoms with van der Waals surface area (Å²) < 4.78 is 11.8. The van der Waals surface area contributed by atoms with Crippen molar-refractivity contribution in [3.63, 3.8) is 0 Å². The van der Waals surface area contributed by atoms with E-state index in [9.17, 15) is 4.79 Å². The van der Waals surface area contributed by atoms with Crippen molar-refractivity contribution in [2.75, 3.05) is 23.8 Å². The van der Waals surface area contributed by atoms with Crippen molar-refractivity contribution < 1.29 is 14.3 Å². The fraction of sp³-hybridized carbons (Fsp3) is 0.222. The number of carbonyl (C=O) groups excluding carboxylic acids is 1. The van der Waals surface area contributed by atoms with E-state index in [0.29, 0.717) is 47.5 Å². The minimum Gasteiger partial charge on any atom is -0.492 e. The molecule has 7 nitrogen and oxygen atoms in total. The summed E-state index contributed by atoms with van der Waals surface area (Å²) in [7, 11) is 0. The number of hydrogen-bond acceptors (Lipinski definition) is 6. The molecule has 0 unspecified atom stereocenters. The van der Waals surface area contributed by atoms with Crippen LogP contribution in [0.2, 0.25) is 0 Å². The van der Waals surface area contributed by atoms with Crippen molar-refractivity contribution in [3.05, 3.63) is 78.1 Å². The number of nitrogens with one attached hydrogen (secondary N) is 2. The summed E-state index contributed by atoms with van der Waals surface area (Å²) >= 11 is 0. The SMILES string of the molecule is CCOc1cc(Nc2ncnc3ccc(CC)cc23)c(OCC)cc1NC(=O)c1ccccc1. The molecule has 0 spiro atoms. The molecule has 0 aliphatic heterocycles. The zero-order valence-corrected chi connectivity index (χ0v) is 19.6. The van der Waals surface area contributed by atoms with E-state index < -0.39 is 0 Å². The second-order valence-electron chi connectivity index (χ2n) is 7.58. The molecule has 0 fully saturated rings. The third-order valence-corrected chi connectivity index (χ3v) is 5.33. The maximum Gasteiger partial charge on any atom is 0.255 e. The number of hydrogen-bond donors (Lipinski definition) is 2. The minimum absolute atomic E-state index is 0.224. The molecule has 0 saturated carbocycles. The van der Waals surface area contributed by atoms with Crippen LogP contribution in [0.4, 0.5) is 17.2 Å². The lowest BCUT2D eigenvalue weighted by atomic mass is 10.1. The number of amides is 1. The smallest absolute Gasteiger partial charge is 0.255 e. The Morgan fingerprint density at radius 1 is 0.853 bits per heavy atom. The van der Waals surface area contributed by atoms with Crippen LogP contribution in [0.5, 0.6) is 11.5 Å². The van der Waals surface area contributed by atoms with E-state index in [1.165, 1.54) is 11.9 Å². The molecular formula is C27H28N4O3. The number of rotatable bonds is 9. The van der Waals surface area contributed by atoms with Crippen LogP contribution < -0.4 is 20.1 Å². The maximum atomic E-state index is 12.8. The zero-order chi connectivity index (χ0) is 23.9. The summed E-state index contributed by atoms with van der Waals surface area (Å²) in [4.78, 5) is 21.6. The number of carbonyl (C=O) groups is 1. The van der Waals surface area contributed by atoms with Crippen molar-refractivity contribution >= 4 is 34.0 Å². The molecular weight excluding hydrogens is 428 g/mol. The van der Waals surface area contributed by atoms with Crippen molar-refractivity contribution in [2.45, 2.75) is 27.2 Å². The highest BCUT2D eigenvalue weighted by atomic mass is 16.5. The summed E-state index contributed by atoms with van der Waals surface area (Å²) in [6.07, 6.45) is 2.45. The molecule has 1 aromatic heterocycles. The lowest BCUT2D eigenvalue weighted by Gasteiger charge is -2.18. The average Bonchev–Trinajstić information content (AvgIpc) is 2.87. The minimum atomic E-state index is -0.224. The Hall–Kier alpha value is -4.13. The van der Waals surface area contributed by atoms with Gasteiger partial charge in [-0.05, 0) is 50.1 Å². The molecule has 0 aliphatic rings. The fourth-order valence-electron chi connectivity index (χ4n) is 3.64. The molecule has 2 N–H and O–H groups in total. The van der Waals surface area contributed by atoms with Gasteiger partial charge < -0.3 is 20.1 Å². The third kappa shape index (κ3) is 5.09. The molecule has 0 saturated heterocycles. The molecule has 0 atom stereocenters. The number of fused-ring (bicyclic) bond motifs is 1. The zero-order valence-electron chi connectivity index (χ0n) is 19.6. The van der Waals surface area contributed by atoms with Gasteiger partial charge in [0.25, 0.3) is 5.91 Å². The van der Waals surface area contributed by atoms with Gasteiger partial charge in [0.15, 0.2) is 0 Å². The van der Waals surface area contributed by atoms with Gasteiger partial charge in [-0.15, -0.1) is 0 Å². The van der Waals surface area contributed by atoms with Crippen molar-refractivity contribution in [2.24, 2.45) is 0 Å². The van der Waals surface area contributed by atoms with Crippen LogP contribution >= 0.6 is 0 Å². The molecule has 7 heteroatoms. The van der Waals surface area contributed by atoms with E-state index in [0.717, 1.165) is 17.3 Å². The van der Waals surface area contributed by atoms with Crippen molar-refractivity contribution in [1.82, 2.24) is 9.97 Å². The van der Waals surface area contributed by atoms with Gasteiger partial charge in [0.05, 0.1) is 30.1 Å². The first-order valence-corrected chi connectivity index (χ1v) is 11.4. The highest BCUT2D eigenvalue weighted by Gasteiger charge is 2.17. The number of ether oxygens (including phenoxy) is 2. The van der Waals surface area contributed by atoms with Crippen molar-refractivity contribution in [3.8, 4) is 11.5 Å². The van der Waals surface area contributed by atoms with E-state index >= 15 is 0 Å². The van der Waals surface area contributed by atoms with Crippen LogP contribution in [-0.2, 0) is 6.42 Å². The van der Waals surface area contributed by atoms with E-state index in [4.69, 9.17) is 9.47 Å². The van der Waals surface area contributed by atoms with Crippen LogP contribution in [0.1, 0.15) is 36.7 Å². The van der Waals surface area contributed by atoms with Crippen molar-refractivity contribution in [1.29, 1.82) is 0 Å². The van der Waals surface area contributed by atoms with Gasteiger partial charge in [0.2, 0.25) is 0 Å². The molecule has 1 heterocycles. The lowest BCUT2D eigenvalue weighted by molar-refractivity contribution is 0.102. The van der Waals surface area contributed by atoms with Crippen LogP contribution in [0.15, 0.2) is 67.0 Å². The summed E-state index contributed by atoms with van der Waals surface area (Å²) in [6, 6.07) is 18.8. The Morgan fingerprint density at radius 2 is 1.56 bits per heavy atom. The predicted molar refractivity (Wildman–Crippen MR) is 135 cm³/mol. The molecule has 4 aromatic rings. The molecule has 34 heavy (non-hydrogen) atoms. The van der Waals surface area contributed by atoms with E-state index in [2.05, 4.69) is 39.7 Å². The Balaban J connectivity index is 1.73. The topological polar surface area (TPSA) is 85.4 Å². The first kappa shape index (κ1) is 23.0. The van der Waals surface area contributed by atoms with E-state index in [1.807, 2.05) is 44.2 Å². The summed E-state index contributed by atoms with van der Waals surface area (Å²) in [5.74, 6) is 1.56. The fourth-order valence-corrected chi connectivity index (χ4v) is 3.64. The average molecular weight is 457 g/mol. The van der Waals surface area contributed by atoms with Gasteiger partial charge in [-0.2, -0.15) is 0 Å². The van der Waals surface area contributed by atoms with Gasteiger partial charge >= 0.3 is 0 Å². The second kappa shape index (κ2) is 10.7. The Morgan fingerprint density at radius 3 is 2.26 bits per heavy atom. The number of benzene rings is 3. The molecule has 3 aromatic carbocycles. The van der Waals surface area contributed by atoms with Crippen LogP contribution in [-0.4, -0.2) is 29.1 Å². The maximum absolute atomic E-state index is 12.8. The molecule has 0 aliphatic carbocycles. The Bertz CT molecular complexity index is 1290. The standard InChI is InChI=1S/C27H28N4O3/c1-4-18-12-13-21-20(14-18)26(29-17-28-21)30-22-15-25(34-6-3)23(16-24(22)33-5-2)31-27(32)19-10-8-7-9-11-19/h7-17H,4-6H2,1-3H3,(H,31,32)(H,28,29,30). The van der Waals surface area contributed by atoms with E-state index in [-0.39, 0.29) is 5.91 Å². The number of anilines is 3. The summed E-state index contributed by atoms with van der Waals surface area (Å²) in [5, 5.41) is 7.26. The predicted octanol–water partition coefficient (Wildman–Crippen LogP) is 5.99. The highest BCUT2D eigenvalue weighted by Crippen LogP contribution is 2.39. The first-order chi connectivity index (χ1) is 16.6. The Labute approximate surface area is 199 Å². The normalized spacial score (nSPS) is 10.7.